The summed E-state index contributed by atoms with van der Waals surface area (Å²) in [4.78, 5) is 25.8. The fraction of sp³-hybridized carbons (Fsp3) is 0.448. The van der Waals surface area contributed by atoms with Gasteiger partial charge in [0.15, 0.2) is 0 Å². The first-order valence-electron chi connectivity index (χ1n) is 13.5. The molecular formula is C29H34FN5O3. The first kappa shape index (κ1) is 26.0. The zero-order valence-corrected chi connectivity index (χ0v) is 21.4. The summed E-state index contributed by atoms with van der Waals surface area (Å²) in [5.74, 6) is 0.877. The largest absolute Gasteiger partial charge is 0.352 e. The second-order valence-corrected chi connectivity index (χ2v) is 10.6. The number of rotatable bonds is 8. The first-order chi connectivity index (χ1) is 18.5. The van der Waals surface area contributed by atoms with Crippen molar-refractivity contribution < 1.29 is 14.1 Å². The molecule has 38 heavy (non-hydrogen) atoms. The molecule has 5 rings (SSSR count). The molecule has 1 aliphatic carbocycles. The molecule has 1 aliphatic heterocycles. The van der Waals surface area contributed by atoms with Crippen LogP contribution in [0.25, 0.3) is 17.0 Å². The van der Waals surface area contributed by atoms with Crippen LogP contribution in [-0.4, -0.2) is 52.1 Å². The van der Waals surface area contributed by atoms with Crippen LogP contribution in [-0.2, 0) is 4.79 Å². The maximum atomic E-state index is 13.5. The van der Waals surface area contributed by atoms with Gasteiger partial charge in [0.1, 0.15) is 5.82 Å². The van der Waals surface area contributed by atoms with Crippen LogP contribution in [0.15, 0.2) is 48.5 Å². The van der Waals surface area contributed by atoms with Crippen LogP contribution in [0.5, 0.6) is 0 Å². The number of aromatic nitrogens is 2. The summed E-state index contributed by atoms with van der Waals surface area (Å²) >= 11 is 0. The highest BCUT2D eigenvalue weighted by atomic mass is 19.1. The Morgan fingerprint density at radius 3 is 2.68 bits per heavy atom. The SMILES string of the molecule is O=C(/C=C/c1ccccc1[N+](=O)[O-])NC[C@@H]1CCCC[C@H]1CN1CCC(c2[nH]nc3cc(F)ccc23)CC1. The number of halogens is 1. The second kappa shape index (κ2) is 11.9. The molecule has 2 N–H and O–H groups in total. The van der Waals surface area contributed by atoms with Gasteiger partial charge < -0.3 is 10.2 Å². The molecule has 3 aromatic rings. The van der Waals surface area contributed by atoms with Crippen molar-refractivity contribution in [3.63, 3.8) is 0 Å². The zero-order valence-electron chi connectivity index (χ0n) is 21.4. The molecule has 2 aromatic carbocycles. The molecule has 8 nitrogen and oxygen atoms in total. The normalized spacial score (nSPS) is 21.2. The van der Waals surface area contributed by atoms with Crippen LogP contribution in [0.2, 0.25) is 0 Å². The molecule has 1 saturated heterocycles. The number of nitrogens with one attached hydrogen (secondary N) is 2. The molecule has 0 spiro atoms. The third-order valence-electron chi connectivity index (χ3n) is 8.19. The summed E-state index contributed by atoms with van der Waals surface area (Å²) in [5, 5.41) is 22.7. The Morgan fingerprint density at radius 2 is 1.89 bits per heavy atom. The van der Waals surface area contributed by atoms with Crippen LogP contribution >= 0.6 is 0 Å². The molecule has 0 radical (unpaired) electrons. The quantitative estimate of drug-likeness (QED) is 0.235. The summed E-state index contributed by atoms with van der Waals surface area (Å²) < 4.78 is 13.5. The molecule has 1 saturated carbocycles. The van der Waals surface area contributed by atoms with Gasteiger partial charge in [-0.3, -0.25) is 20.0 Å². The fourth-order valence-corrected chi connectivity index (χ4v) is 6.10. The number of aromatic amines is 1. The summed E-state index contributed by atoms with van der Waals surface area (Å²) in [6.07, 6.45) is 9.65. The topological polar surface area (TPSA) is 104 Å². The molecule has 0 unspecified atom stereocenters. The average molecular weight is 520 g/mol. The van der Waals surface area contributed by atoms with Gasteiger partial charge >= 0.3 is 0 Å². The molecular weight excluding hydrogens is 485 g/mol. The van der Waals surface area contributed by atoms with Gasteiger partial charge in [-0.15, -0.1) is 0 Å². The summed E-state index contributed by atoms with van der Waals surface area (Å²) in [5.41, 5.74) is 2.21. The third kappa shape index (κ3) is 6.10. The van der Waals surface area contributed by atoms with E-state index in [9.17, 15) is 19.3 Å². The summed E-state index contributed by atoms with van der Waals surface area (Å²) in [6.45, 7) is 3.69. The van der Waals surface area contributed by atoms with Gasteiger partial charge in [0.25, 0.3) is 5.69 Å². The van der Waals surface area contributed by atoms with Crippen molar-refractivity contribution >= 4 is 28.6 Å². The molecule has 1 aromatic heterocycles. The van der Waals surface area contributed by atoms with E-state index >= 15 is 0 Å². The number of amides is 1. The standard InChI is InChI=1S/C29H34FN5O3/c30-24-10-11-25-26(17-24)32-33-29(25)21-13-15-34(16-14-21)19-23-7-2-1-6-22(23)18-31-28(36)12-9-20-5-3-4-8-27(20)35(37)38/h3-5,8-12,17,21-23H,1-2,6-7,13-16,18-19H2,(H,31,36)(H,32,33)/b12-9+/t22-,23-/m0/s1. The van der Waals surface area contributed by atoms with Crippen molar-refractivity contribution in [3.8, 4) is 0 Å². The molecule has 1 amide bonds. The number of hydrogen-bond acceptors (Lipinski definition) is 5. The van der Waals surface area contributed by atoms with E-state index in [0.717, 1.165) is 50.0 Å². The van der Waals surface area contributed by atoms with E-state index in [-0.39, 0.29) is 17.4 Å². The molecule has 200 valence electrons. The van der Waals surface area contributed by atoms with Crippen LogP contribution in [0.4, 0.5) is 10.1 Å². The van der Waals surface area contributed by atoms with Crippen LogP contribution in [0, 0.1) is 27.8 Å². The minimum absolute atomic E-state index is 0.0118. The van der Waals surface area contributed by atoms with E-state index in [1.54, 1.807) is 18.2 Å². The highest BCUT2D eigenvalue weighted by Crippen LogP contribution is 2.34. The van der Waals surface area contributed by atoms with Crippen molar-refractivity contribution in [1.29, 1.82) is 0 Å². The second-order valence-electron chi connectivity index (χ2n) is 10.6. The van der Waals surface area contributed by atoms with Crippen LogP contribution in [0.1, 0.15) is 55.7 Å². The summed E-state index contributed by atoms with van der Waals surface area (Å²) in [6, 6.07) is 11.2. The van der Waals surface area contributed by atoms with Gasteiger partial charge in [-0.25, -0.2) is 4.39 Å². The number of likely N-dealkylation sites (tertiary alicyclic amines) is 1. The minimum Gasteiger partial charge on any atom is -0.352 e. The number of fused-ring (bicyclic) bond motifs is 1. The molecule has 2 fully saturated rings. The average Bonchev–Trinajstić information content (AvgIpc) is 3.35. The lowest BCUT2D eigenvalue weighted by molar-refractivity contribution is -0.385. The molecule has 2 aliphatic rings. The number of para-hydroxylation sites is 1. The van der Waals surface area contributed by atoms with Gasteiger partial charge in [-0.2, -0.15) is 5.10 Å². The van der Waals surface area contributed by atoms with E-state index in [2.05, 4.69) is 20.4 Å². The van der Waals surface area contributed by atoms with Gasteiger partial charge in [-0.05, 0) is 74.9 Å². The Hall–Kier alpha value is -3.59. The lowest BCUT2D eigenvalue weighted by Crippen LogP contribution is -2.42. The molecule has 2 atom stereocenters. The number of benzene rings is 2. The smallest absolute Gasteiger partial charge is 0.276 e. The highest BCUT2D eigenvalue weighted by Gasteiger charge is 2.30. The number of nitro benzene ring substituents is 1. The van der Waals surface area contributed by atoms with E-state index < -0.39 is 4.92 Å². The predicted molar refractivity (Wildman–Crippen MR) is 145 cm³/mol. The van der Waals surface area contributed by atoms with E-state index in [0.29, 0.717) is 35.4 Å². The van der Waals surface area contributed by atoms with Crippen LogP contribution < -0.4 is 5.32 Å². The van der Waals surface area contributed by atoms with Gasteiger partial charge in [-0.1, -0.05) is 25.0 Å². The van der Waals surface area contributed by atoms with Gasteiger partial charge in [0.2, 0.25) is 5.91 Å². The Balaban J connectivity index is 1.12. The Bertz CT molecular complexity index is 1310. The van der Waals surface area contributed by atoms with E-state index in [4.69, 9.17) is 0 Å². The number of carbonyl (C=O) groups is 1. The van der Waals surface area contributed by atoms with Crippen molar-refractivity contribution in [2.45, 2.75) is 44.4 Å². The fourth-order valence-electron chi connectivity index (χ4n) is 6.10. The number of nitrogens with zero attached hydrogens (tertiary/aromatic N) is 3. The van der Waals surface area contributed by atoms with Crippen molar-refractivity contribution in [2.75, 3.05) is 26.2 Å². The molecule has 2 heterocycles. The number of piperidine rings is 1. The first-order valence-corrected chi connectivity index (χ1v) is 13.5. The maximum absolute atomic E-state index is 13.5. The lowest BCUT2D eigenvalue weighted by Gasteiger charge is -2.38. The Kier molecular flexibility index (Phi) is 8.12. The van der Waals surface area contributed by atoms with Crippen molar-refractivity contribution in [1.82, 2.24) is 20.4 Å². The third-order valence-corrected chi connectivity index (χ3v) is 8.19. The number of nitro groups is 1. The number of hydrogen-bond donors (Lipinski definition) is 2. The molecule has 9 heteroatoms. The molecule has 0 bridgehead atoms. The van der Waals surface area contributed by atoms with E-state index in [1.165, 1.54) is 49.6 Å². The highest BCUT2D eigenvalue weighted by molar-refractivity contribution is 5.92. The van der Waals surface area contributed by atoms with Crippen molar-refractivity contribution in [3.05, 3.63) is 75.7 Å². The summed E-state index contributed by atoms with van der Waals surface area (Å²) in [7, 11) is 0. The number of H-pyrrole nitrogens is 1. The van der Waals surface area contributed by atoms with Gasteiger partial charge in [0.05, 0.1) is 16.0 Å². The maximum Gasteiger partial charge on any atom is 0.276 e. The van der Waals surface area contributed by atoms with Crippen molar-refractivity contribution in [2.24, 2.45) is 11.8 Å². The van der Waals surface area contributed by atoms with Gasteiger partial charge in [0, 0.05) is 48.3 Å². The lowest BCUT2D eigenvalue weighted by atomic mass is 9.78. The predicted octanol–water partition coefficient (Wildman–Crippen LogP) is 5.43. The zero-order chi connectivity index (χ0) is 26.5. The Morgan fingerprint density at radius 1 is 1.13 bits per heavy atom. The van der Waals surface area contributed by atoms with E-state index in [1.807, 2.05) is 6.07 Å². The minimum atomic E-state index is -0.439. The Labute approximate surface area is 221 Å². The number of carbonyl (C=O) groups excluding carboxylic acids is 1. The van der Waals surface area contributed by atoms with Crippen LogP contribution in [0.3, 0.4) is 0 Å². The monoisotopic (exact) mass is 519 g/mol.